The van der Waals surface area contributed by atoms with E-state index in [1.165, 1.54) is 12.8 Å². The Morgan fingerprint density at radius 1 is 1.22 bits per heavy atom. The van der Waals surface area contributed by atoms with Gasteiger partial charge in [0.1, 0.15) is 0 Å². The van der Waals surface area contributed by atoms with Gasteiger partial charge in [-0.3, -0.25) is 0 Å². The number of benzene rings is 1. The van der Waals surface area contributed by atoms with Gasteiger partial charge in [0.2, 0.25) is 0 Å². The third-order valence-electron chi connectivity index (χ3n) is 3.16. The monoisotopic (exact) mass is 248 g/mol. The van der Waals surface area contributed by atoms with Crippen LogP contribution in [0.15, 0.2) is 18.2 Å². The summed E-state index contributed by atoms with van der Waals surface area (Å²) < 4.78 is 0. The van der Waals surface area contributed by atoms with Crippen molar-refractivity contribution in [2.75, 3.05) is 18.9 Å². The summed E-state index contributed by atoms with van der Waals surface area (Å²) in [6.45, 7) is 7.00. The smallest absolute Gasteiger partial charge is 0.321 e. The van der Waals surface area contributed by atoms with Crippen molar-refractivity contribution in [3.05, 3.63) is 29.3 Å². The van der Waals surface area contributed by atoms with Crippen LogP contribution in [0.3, 0.4) is 0 Å². The van der Waals surface area contributed by atoms with Crippen molar-refractivity contribution in [2.45, 2.75) is 40.0 Å². The molecule has 0 aliphatic heterocycles. The van der Waals surface area contributed by atoms with Crippen molar-refractivity contribution < 1.29 is 4.79 Å². The first kappa shape index (κ1) is 14.6. The molecule has 0 aliphatic rings. The molecule has 0 heterocycles. The molecule has 0 saturated carbocycles. The van der Waals surface area contributed by atoms with Crippen LogP contribution in [0.25, 0.3) is 0 Å². The number of anilines is 1. The molecule has 0 aromatic heterocycles. The second-order valence-electron chi connectivity index (χ2n) is 4.83. The zero-order chi connectivity index (χ0) is 13.5. The van der Waals surface area contributed by atoms with Crippen LogP contribution >= 0.6 is 0 Å². The predicted octanol–water partition coefficient (Wildman–Crippen LogP) is 3.96. The van der Waals surface area contributed by atoms with E-state index < -0.39 is 0 Å². The van der Waals surface area contributed by atoms with E-state index in [1.54, 1.807) is 4.90 Å². The number of rotatable bonds is 5. The average Bonchev–Trinajstić information content (AvgIpc) is 2.34. The lowest BCUT2D eigenvalue weighted by molar-refractivity contribution is 0.221. The van der Waals surface area contributed by atoms with Gasteiger partial charge in [-0.2, -0.15) is 0 Å². The Labute approximate surface area is 110 Å². The Kier molecular flexibility index (Phi) is 5.69. The fourth-order valence-corrected chi connectivity index (χ4v) is 1.91. The van der Waals surface area contributed by atoms with Gasteiger partial charge < -0.3 is 10.2 Å². The van der Waals surface area contributed by atoms with Gasteiger partial charge in [-0.1, -0.05) is 38.0 Å². The summed E-state index contributed by atoms with van der Waals surface area (Å²) in [4.78, 5) is 13.8. The molecule has 2 amide bonds. The number of para-hydroxylation sites is 1. The molecule has 0 radical (unpaired) electrons. The van der Waals surface area contributed by atoms with Crippen LogP contribution in [0.5, 0.6) is 0 Å². The quantitative estimate of drug-likeness (QED) is 0.786. The Balaban J connectivity index is 2.58. The number of nitrogens with zero attached hydrogens (tertiary/aromatic N) is 1. The highest BCUT2D eigenvalue weighted by atomic mass is 16.2. The Morgan fingerprint density at radius 2 is 1.83 bits per heavy atom. The minimum Gasteiger partial charge on any atom is -0.328 e. The van der Waals surface area contributed by atoms with E-state index in [1.807, 2.05) is 39.1 Å². The molecule has 18 heavy (non-hydrogen) atoms. The van der Waals surface area contributed by atoms with Crippen LogP contribution in [0, 0.1) is 13.8 Å². The van der Waals surface area contributed by atoms with Gasteiger partial charge >= 0.3 is 6.03 Å². The van der Waals surface area contributed by atoms with Crippen LogP contribution < -0.4 is 5.32 Å². The van der Waals surface area contributed by atoms with Crippen LogP contribution in [0.4, 0.5) is 10.5 Å². The lowest BCUT2D eigenvalue weighted by Gasteiger charge is -2.19. The van der Waals surface area contributed by atoms with E-state index in [9.17, 15) is 4.79 Å². The van der Waals surface area contributed by atoms with Crippen molar-refractivity contribution in [1.29, 1.82) is 0 Å². The number of amides is 2. The van der Waals surface area contributed by atoms with Crippen molar-refractivity contribution in [2.24, 2.45) is 0 Å². The van der Waals surface area contributed by atoms with Gasteiger partial charge in [-0.15, -0.1) is 0 Å². The SMILES string of the molecule is CCCCCN(C)C(=O)Nc1c(C)cccc1C. The Hall–Kier alpha value is -1.51. The number of carbonyl (C=O) groups is 1. The van der Waals surface area contributed by atoms with Crippen molar-refractivity contribution >= 4 is 11.7 Å². The summed E-state index contributed by atoms with van der Waals surface area (Å²) >= 11 is 0. The van der Waals surface area contributed by atoms with Crippen molar-refractivity contribution in [3.8, 4) is 0 Å². The number of hydrogen-bond acceptors (Lipinski definition) is 1. The molecule has 1 aromatic carbocycles. The molecule has 1 N–H and O–H groups in total. The number of unbranched alkanes of at least 4 members (excludes halogenated alkanes) is 2. The minimum absolute atomic E-state index is 0.0245. The first-order chi connectivity index (χ1) is 8.56. The molecule has 0 aliphatic carbocycles. The highest BCUT2D eigenvalue weighted by Crippen LogP contribution is 2.19. The first-order valence-electron chi connectivity index (χ1n) is 6.64. The fourth-order valence-electron chi connectivity index (χ4n) is 1.91. The normalized spacial score (nSPS) is 10.2. The van der Waals surface area contributed by atoms with E-state index in [2.05, 4.69) is 12.2 Å². The molecule has 3 heteroatoms. The van der Waals surface area contributed by atoms with Crippen LogP contribution in [0.1, 0.15) is 37.3 Å². The Morgan fingerprint density at radius 3 is 2.39 bits per heavy atom. The summed E-state index contributed by atoms with van der Waals surface area (Å²) in [6, 6.07) is 6.01. The van der Waals surface area contributed by atoms with Gasteiger partial charge in [0, 0.05) is 19.3 Å². The van der Waals surface area contributed by atoms with Crippen molar-refractivity contribution in [1.82, 2.24) is 4.90 Å². The second-order valence-corrected chi connectivity index (χ2v) is 4.83. The molecular formula is C15H24N2O. The summed E-state index contributed by atoms with van der Waals surface area (Å²) in [5, 5.41) is 2.99. The average molecular weight is 248 g/mol. The zero-order valence-corrected chi connectivity index (χ0v) is 11.9. The van der Waals surface area contributed by atoms with Crippen LogP contribution in [-0.2, 0) is 0 Å². The summed E-state index contributed by atoms with van der Waals surface area (Å²) in [7, 11) is 1.85. The molecule has 0 atom stereocenters. The van der Waals surface area contributed by atoms with Crippen molar-refractivity contribution in [3.63, 3.8) is 0 Å². The van der Waals surface area contributed by atoms with E-state index in [0.29, 0.717) is 0 Å². The highest BCUT2D eigenvalue weighted by molar-refractivity contribution is 5.90. The molecule has 1 rings (SSSR count). The molecule has 0 unspecified atom stereocenters. The standard InChI is InChI=1S/C15H24N2O/c1-5-6-7-11-17(4)15(18)16-14-12(2)9-8-10-13(14)3/h8-10H,5-7,11H2,1-4H3,(H,16,18). The number of hydrogen-bond donors (Lipinski definition) is 1. The van der Waals surface area contributed by atoms with Gasteiger partial charge in [0.15, 0.2) is 0 Å². The molecule has 0 saturated heterocycles. The molecule has 0 bridgehead atoms. The maximum absolute atomic E-state index is 12.0. The van der Waals surface area contributed by atoms with E-state index in [-0.39, 0.29) is 6.03 Å². The topological polar surface area (TPSA) is 32.3 Å². The second kappa shape index (κ2) is 7.04. The minimum atomic E-state index is -0.0245. The molecular weight excluding hydrogens is 224 g/mol. The summed E-state index contributed by atoms with van der Waals surface area (Å²) in [5.74, 6) is 0. The summed E-state index contributed by atoms with van der Waals surface area (Å²) in [5.41, 5.74) is 3.14. The molecule has 0 spiro atoms. The Bertz CT molecular complexity index is 381. The largest absolute Gasteiger partial charge is 0.328 e. The lowest BCUT2D eigenvalue weighted by atomic mass is 10.1. The molecule has 3 nitrogen and oxygen atoms in total. The van der Waals surface area contributed by atoms with E-state index >= 15 is 0 Å². The predicted molar refractivity (Wildman–Crippen MR) is 77.1 cm³/mol. The van der Waals surface area contributed by atoms with Gasteiger partial charge in [0.05, 0.1) is 0 Å². The first-order valence-corrected chi connectivity index (χ1v) is 6.64. The van der Waals surface area contributed by atoms with Crippen LogP contribution in [0.2, 0.25) is 0 Å². The lowest BCUT2D eigenvalue weighted by Crippen LogP contribution is -2.32. The maximum atomic E-state index is 12.0. The van der Waals surface area contributed by atoms with E-state index in [0.717, 1.165) is 29.8 Å². The molecule has 100 valence electrons. The fraction of sp³-hybridized carbons (Fsp3) is 0.533. The summed E-state index contributed by atoms with van der Waals surface area (Å²) in [6.07, 6.45) is 3.40. The van der Waals surface area contributed by atoms with E-state index in [4.69, 9.17) is 0 Å². The van der Waals surface area contributed by atoms with Gasteiger partial charge in [0.25, 0.3) is 0 Å². The highest BCUT2D eigenvalue weighted by Gasteiger charge is 2.10. The van der Waals surface area contributed by atoms with Gasteiger partial charge in [-0.25, -0.2) is 4.79 Å². The number of aryl methyl sites for hydroxylation is 2. The zero-order valence-electron chi connectivity index (χ0n) is 11.9. The molecule has 1 aromatic rings. The van der Waals surface area contributed by atoms with Crippen LogP contribution in [-0.4, -0.2) is 24.5 Å². The number of urea groups is 1. The van der Waals surface area contributed by atoms with Gasteiger partial charge in [-0.05, 0) is 31.4 Å². The third kappa shape index (κ3) is 4.06. The number of carbonyl (C=O) groups excluding carboxylic acids is 1. The molecule has 0 fully saturated rings. The third-order valence-corrected chi connectivity index (χ3v) is 3.16. The number of nitrogens with one attached hydrogen (secondary N) is 1. The maximum Gasteiger partial charge on any atom is 0.321 e.